The summed E-state index contributed by atoms with van der Waals surface area (Å²) in [5.41, 5.74) is -0.151. The lowest BCUT2D eigenvalue weighted by atomic mass is 9.97. The summed E-state index contributed by atoms with van der Waals surface area (Å²) in [6.07, 6.45) is 0.225. The summed E-state index contributed by atoms with van der Waals surface area (Å²) in [6.45, 7) is 7.45. The van der Waals surface area contributed by atoms with Gasteiger partial charge in [-0.25, -0.2) is 0 Å². The smallest absolute Gasteiger partial charge is 0.223 e. The van der Waals surface area contributed by atoms with Crippen molar-refractivity contribution in [3.8, 4) is 0 Å². The molecule has 0 saturated heterocycles. The predicted octanol–water partition coefficient (Wildman–Crippen LogP) is 1.50. The Morgan fingerprint density at radius 3 is 2.38 bits per heavy atom. The Kier molecular flexibility index (Phi) is 2.50. The molecule has 0 N–H and O–H groups in total. The number of Topliss-reactive ketones (excluding diaryl/α,β-unsaturated/α-hetero) is 1. The Morgan fingerprint density at radius 2 is 2.00 bits per heavy atom. The molecule has 0 atom stereocenters. The number of ketones is 1. The van der Waals surface area contributed by atoms with Crippen LogP contribution in [0.2, 0.25) is 0 Å². The molecule has 0 amide bonds. The summed E-state index contributed by atoms with van der Waals surface area (Å²) in [6, 6.07) is 0. The molecule has 1 heterocycles. The molecule has 1 aromatic heterocycles. The van der Waals surface area contributed by atoms with Crippen LogP contribution < -0.4 is 0 Å². The van der Waals surface area contributed by atoms with Gasteiger partial charge in [0.05, 0.1) is 6.42 Å². The van der Waals surface area contributed by atoms with E-state index in [1.54, 1.807) is 0 Å². The van der Waals surface area contributed by atoms with Gasteiger partial charge in [-0.05, 0) is 6.92 Å². The van der Waals surface area contributed by atoms with E-state index in [2.05, 4.69) is 10.2 Å². The maximum atomic E-state index is 10.7. The molecule has 1 rings (SSSR count). The van der Waals surface area contributed by atoms with Crippen molar-refractivity contribution in [1.29, 1.82) is 0 Å². The zero-order chi connectivity index (χ0) is 10.1. The number of rotatable bonds is 2. The van der Waals surface area contributed by atoms with Crippen LogP contribution >= 0.6 is 0 Å². The van der Waals surface area contributed by atoms with Crippen LogP contribution in [0.3, 0.4) is 0 Å². The topological polar surface area (TPSA) is 56.0 Å². The third kappa shape index (κ3) is 2.65. The molecular formula is C9H14N2O2. The molecule has 0 aliphatic rings. The molecule has 72 valence electrons. The van der Waals surface area contributed by atoms with E-state index in [9.17, 15) is 4.79 Å². The second-order valence-corrected chi connectivity index (χ2v) is 4.13. The van der Waals surface area contributed by atoms with Crippen molar-refractivity contribution in [2.45, 2.75) is 39.5 Å². The highest BCUT2D eigenvalue weighted by Crippen LogP contribution is 2.20. The zero-order valence-electron chi connectivity index (χ0n) is 8.42. The summed E-state index contributed by atoms with van der Waals surface area (Å²) < 4.78 is 5.32. The molecule has 0 aliphatic heterocycles. The maximum Gasteiger partial charge on any atom is 0.223 e. The quantitative estimate of drug-likeness (QED) is 0.695. The first-order chi connectivity index (χ1) is 5.89. The van der Waals surface area contributed by atoms with Gasteiger partial charge in [0.1, 0.15) is 5.78 Å². The first-order valence-electron chi connectivity index (χ1n) is 4.22. The molecule has 0 unspecified atom stereocenters. The van der Waals surface area contributed by atoms with Crippen LogP contribution in [0.1, 0.15) is 39.5 Å². The molecule has 0 fully saturated rings. The molecule has 0 spiro atoms. The molecule has 4 heteroatoms. The highest BCUT2D eigenvalue weighted by Gasteiger charge is 2.21. The Hall–Kier alpha value is -1.19. The van der Waals surface area contributed by atoms with Crippen molar-refractivity contribution in [1.82, 2.24) is 10.2 Å². The average molecular weight is 182 g/mol. The van der Waals surface area contributed by atoms with Crippen LogP contribution in [0.15, 0.2) is 4.42 Å². The minimum atomic E-state index is -0.151. The minimum absolute atomic E-state index is 0.0316. The zero-order valence-corrected chi connectivity index (χ0v) is 8.42. The molecule has 0 radical (unpaired) electrons. The average Bonchev–Trinajstić information content (AvgIpc) is 2.32. The second kappa shape index (κ2) is 3.28. The standard InChI is InChI=1S/C9H14N2O2/c1-6(12)5-7-10-11-8(13-7)9(2,3)4/h5H2,1-4H3. The molecule has 0 bridgehead atoms. The Balaban J connectivity index is 2.81. The number of hydrogen-bond acceptors (Lipinski definition) is 4. The maximum absolute atomic E-state index is 10.7. The Bertz CT molecular complexity index is 310. The van der Waals surface area contributed by atoms with E-state index in [4.69, 9.17) is 4.42 Å². The SMILES string of the molecule is CC(=O)Cc1nnc(C(C)(C)C)o1. The van der Waals surface area contributed by atoms with Gasteiger partial charge in [0.25, 0.3) is 0 Å². The molecule has 4 nitrogen and oxygen atoms in total. The summed E-state index contributed by atoms with van der Waals surface area (Å²) in [5, 5.41) is 7.66. The normalized spacial score (nSPS) is 11.7. The fourth-order valence-corrected chi connectivity index (χ4v) is 0.841. The van der Waals surface area contributed by atoms with Gasteiger partial charge in [-0.1, -0.05) is 20.8 Å². The lowest BCUT2D eigenvalue weighted by Crippen LogP contribution is -2.11. The Labute approximate surface area is 77.3 Å². The van der Waals surface area contributed by atoms with E-state index in [-0.39, 0.29) is 17.6 Å². The lowest BCUT2D eigenvalue weighted by Gasteiger charge is -2.10. The van der Waals surface area contributed by atoms with E-state index >= 15 is 0 Å². The van der Waals surface area contributed by atoms with Gasteiger partial charge in [0.15, 0.2) is 0 Å². The van der Waals surface area contributed by atoms with E-state index in [1.807, 2.05) is 20.8 Å². The fraction of sp³-hybridized carbons (Fsp3) is 0.667. The van der Waals surface area contributed by atoms with Gasteiger partial charge in [-0.2, -0.15) is 0 Å². The van der Waals surface area contributed by atoms with Crippen LogP contribution in [-0.4, -0.2) is 16.0 Å². The molecule has 0 aliphatic carbocycles. The highest BCUT2D eigenvalue weighted by molar-refractivity contribution is 5.77. The van der Waals surface area contributed by atoms with Crippen molar-refractivity contribution < 1.29 is 9.21 Å². The van der Waals surface area contributed by atoms with Crippen molar-refractivity contribution in [2.75, 3.05) is 0 Å². The summed E-state index contributed by atoms with van der Waals surface area (Å²) in [5.74, 6) is 1.00. The number of nitrogens with zero attached hydrogens (tertiary/aromatic N) is 2. The predicted molar refractivity (Wildman–Crippen MR) is 47.4 cm³/mol. The van der Waals surface area contributed by atoms with E-state index < -0.39 is 0 Å². The van der Waals surface area contributed by atoms with E-state index in [0.29, 0.717) is 11.8 Å². The first kappa shape index (κ1) is 9.89. The van der Waals surface area contributed by atoms with Crippen molar-refractivity contribution in [3.63, 3.8) is 0 Å². The van der Waals surface area contributed by atoms with Crippen LogP contribution in [-0.2, 0) is 16.6 Å². The van der Waals surface area contributed by atoms with Crippen molar-refractivity contribution >= 4 is 5.78 Å². The van der Waals surface area contributed by atoms with E-state index in [0.717, 1.165) is 0 Å². The Morgan fingerprint density at radius 1 is 1.38 bits per heavy atom. The molecule has 1 aromatic rings. The third-order valence-electron chi connectivity index (χ3n) is 1.51. The number of hydrogen-bond donors (Lipinski definition) is 0. The highest BCUT2D eigenvalue weighted by atomic mass is 16.4. The minimum Gasteiger partial charge on any atom is -0.424 e. The van der Waals surface area contributed by atoms with Gasteiger partial charge < -0.3 is 4.42 Å². The van der Waals surface area contributed by atoms with Crippen molar-refractivity contribution in [3.05, 3.63) is 11.8 Å². The van der Waals surface area contributed by atoms with Crippen molar-refractivity contribution in [2.24, 2.45) is 0 Å². The van der Waals surface area contributed by atoms with Crippen LogP contribution in [0.4, 0.5) is 0 Å². The van der Waals surface area contributed by atoms with Crippen LogP contribution in [0, 0.1) is 0 Å². The largest absolute Gasteiger partial charge is 0.424 e. The number of aromatic nitrogens is 2. The summed E-state index contributed by atoms with van der Waals surface area (Å²) in [7, 11) is 0. The van der Waals surface area contributed by atoms with Gasteiger partial charge in [-0.15, -0.1) is 10.2 Å². The fourth-order valence-electron chi connectivity index (χ4n) is 0.841. The van der Waals surface area contributed by atoms with Gasteiger partial charge in [-0.3, -0.25) is 4.79 Å². The van der Waals surface area contributed by atoms with Gasteiger partial charge in [0, 0.05) is 5.41 Å². The lowest BCUT2D eigenvalue weighted by molar-refractivity contribution is -0.116. The van der Waals surface area contributed by atoms with E-state index in [1.165, 1.54) is 6.92 Å². The van der Waals surface area contributed by atoms with Gasteiger partial charge >= 0.3 is 0 Å². The number of carbonyl (C=O) groups is 1. The van der Waals surface area contributed by atoms with Gasteiger partial charge in [0.2, 0.25) is 11.8 Å². The molecular weight excluding hydrogens is 168 g/mol. The molecule has 0 aromatic carbocycles. The summed E-state index contributed by atoms with van der Waals surface area (Å²) >= 11 is 0. The second-order valence-electron chi connectivity index (χ2n) is 4.13. The number of carbonyl (C=O) groups excluding carboxylic acids is 1. The first-order valence-corrected chi connectivity index (χ1v) is 4.22. The van der Waals surface area contributed by atoms with Crippen LogP contribution in [0.5, 0.6) is 0 Å². The monoisotopic (exact) mass is 182 g/mol. The molecule has 0 saturated carbocycles. The van der Waals surface area contributed by atoms with Crippen LogP contribution in [0.25, 0.3) is 0 Å². The summed E-state index contributed by atoms with van der Waals surface area (Å²) in [4.78, 5) is 10.7. The third-order valence-corrected chi connectivity index (χ3v) is 1.51. The molecule has 13 heavy (non-hydrogen) atoms.